The molecule has 7 nitrogen and oxygen atoms in total. The summed E-state index contributed by atoms with van der Waals surface area (Å²) in [4.78, 5) is 32.7. The standard InChI is InChI=1S/C22H38N4O3/c1-6-21(28)24-11-13-26(20(15-24)16-27)18(4)8-7-9-22(29)23-10-12-25(17(2)3)19(5)14-23/h6-7,9,17-20,27H,1,8,10-16H2,2-5H3/b9-7+. The highest BCUT2D eigenvalue weighted by molar-refractivity contribution is 5.87. The second-order valence-corrected chi connectivity index (χ2v) is 8.51. The molecule has 1 N–H and O–H groups in total. The fraction of sp³-hybridized carbons (Fsp3) is 0.727. The van der Waals surface area contributed by atoms with Crippen LogP contribution >= 0.6 is 0 Å². The molecule has 3 atom stereocenters. The van der Waals surface area contributed by atoms with Crippen molar-refractivity contribution in [1.29, 1.82) is 0 Å². The van der Waals surface area contributed by atoms with Crippen LogP contribution in [0.15, 0.2) is 24.8 Å². The van der Waals surface area contributed by atoms with Gasteiger partial charge in [0.1, 0.15) is 0 Å². The Kier molecular flexibility index (Phi) is 8.86. The molecular formula is C22H38N4O3. The van der Waals surface area contributed by atoms with Crippen molar-refractivity contribution in [2.75, 3.05) is 45.9 Å². The first-order valence-electron chi connectivity index (χ1n) is 10.8. The highest BCUT2D eigenvalue weighted by Crippen LogP contribution is 2.17. The number of piperazine rings is 2. The summed E-state index contributed by atoms with van der Waals surface area (Å²) in [7, 11) is 0. The van der Waals surface area contributed by atoms with Crippen molar-refractivity contribution >= 4 is 11.8 Å². The monoisotopic (exact) mass is 406 g/mol. The van der Waals surface area contributed by atoms with E-state index in [-0.39, 0.29) is 30.5 Å². The Labute approximate surface area is 175 Å². The van der Waals surface area contributed by atoms with E-state index in [1.54, 1.807) is 11.0 Å². The fourth-order valence-electron chi connectivity index (χ4n) is 4.49. The molecule has 0 aromatic carbocycles. The lowest BCUT2D eigenvalue weighted by molar-refractivity contribution is -0.130. The van der Waals surface area contributed by atoms with Gasteiger partial charge in [-0.3, -0.25) is 19.4 Å². The molecule has 164 valence electrons. The third-order valence-corrected chi connectivity index (χ3v) is 6.18. The molecule has 0 radical (unpaired) electrons. The topological polar surface area (TPSA) is 67.3 Å². The van der Waals surface area contributed by atoms with Gasteiger partial charge in [0.05, 0.1) is 12.6 Å². The number of hydrogen-bond acceptors (Lipinski definition) is 5. The first-order chi connectivity index (χ1) is 13.8. The van der Waals surface area contributed by atoms with E-state index in [4.69, 9.17) is 0 Å². The van der Waals surface area contributed by atoms with Gasteiger partial charge in [0, 0.05) is 57.4 Å². The normalized spacial score (nSPS) is 25.6. The van der Waals surface area contributed by atoms with Crippen molar-refractivity contribution < 1.29 is 14.7 Å². The summed E-state index contributed by atoms with van der Waals surface area (Å²) in [5.41, 5.74) is 0. The van der Waals surface area contributed by atoms with Crippen molar-refractivity contribution in [2.24, 2.45) is 0 Å². The molecule has 2 aliphatic rings. The Morgan fingerprint density at radius 2 is 1.66 bits per heavy atom. The largest absolute Gasteiger partial charge is 0.395 e. The number of carbonyl (C=O) groups is 2. The Morgan fingerprint density at radius 1 is 1.03 bits per heavy atom. The van der Waals surface area contributed by atoms with E-state index in [1.165, 1.54) is 6.08 Å². The molecule has 29 heavy (non-hydrogen) atoms. The van der Waals surface area contributed by atoms with Gasteiger partial charge in [-0.2, -0.15) is 0 Å². The van der Waals surface area contributed by atoms with Crippen LogP contribution in [0.3, 0.4) is 0 Å². The van der Waals surface area contributed by atoms with Gasteiger partial charge in [0.25, 0.3) is 0 Å². The predicted octanol–water partition coefficient (Wildman–Crippen LogP) is 0.953. The third-order valence-electron chi connectivity index (χ3n) is 6.18. The van der Waals surface area contributed by atoms with Crippen LogP contribution in [0, 0.1) is 0 Å². The summed E-state index contributed by atoms with van der Waals surface area (Å²) in [5, 5.41) is 9.76. The number of aliphatic hydroxyl groups excluding tert-OH is 1. The second-order valence-electron chi connectivity index (χ2n) is 8.51. The minimum atomic E-state index is -0.0898. The molecule has 2 rings (SSSR count). The Hall–Kier alpha value is -1.70. The molecule has 0 aromatic rings. The lowest BCUT2D eigenvalue weighted by Gasteiger charge is -2.43. The number of nitrogens with zero attached hydrogens (tertiary/aromatic N) is 4. The van der Waals surface area contributed by atoms with Crippen LogP contribution in [0.5, 0.6) is 0 Å². The maximum Gasteiger partial charge on any atom is 0.246 e. The summed E-state index contributed by atoms with van der Waals surface area (Å²) < 4.78 is 0. The molecule has 0 spiro atoms. The molecule has 0 bridgehead atoms. The van der Waals surface area contributed by atoms with Gasteiger partial charge in [0.15, 0.2) is 0 Å². The smallest absolute Gasteiger partial charge is 0.246 e. The SMILES string of the molecule is C=CC(=O)N1CCN(C(C)C/C=C/C(=O)N2CCN(C(C)C)C(C)C2)C(CO)C1. The minimum absolute atomic E-state index is 0.00588. The zero-order valence-electron chi connectivity index (χ0n) is 18.5. The molecule has 3 unspecified atom stereocenters. The van der Waals surface area contributed by atoms with E-state index in [0.717, 1.165) is 26.1 Å². The van der Waals surface area contributed by atoms with Crippen LogP contribution < -0.4 is 0 Å². The maximum absolute atomic E-state index is 12.6. The van der Waals surface area contributed by atoms with Gasteiger partial charge < -0.3 is 14.9 Å². The van der Waals surface area contributed by atoms with Gasteiger partial charge in [0.2, 0.25) is 11.8 Å². The number of amides is 2. The van der Waals surface area contributed by atoms with E-state index >= 15 is 0 Å². The summed E-state index contributed by atoms with van der Waals surface area (Å²) in [6, 6.07) is 0.978. The molecule has 2 heterocycles. The fourth-order valence-corrected chi connectivity index (χ4v) is 4.49. The maximum atomic E-state index is 12.6. The quantitative estimate of drug-likeness (QED) is 0.638. The van der Waals surface area contributed by atoms with Crippen LogP contribution in [-0.4, -0.2) is 107 Å². The lowest BCUT2D eigenvalue weighted by Crippen LogP contribution is -2.58. The molecule has 2 fully saturated rings. The highest BCUT2D eigenvalue weighted by atomic mass is 16.3. The molecule has 0 aromatic heterocycles. The Morgan fingerprint density at radius 3 is 2.21 bits per heavy atom. The van der Waals surface area contributed by atoms with Gasteiger partial charge >= 0.3 is 0 Å². The van der Waals surface area contributed by atoms with Crippen LogP contribution in [-0.2, 0) is 9.59 Å². The molecular weight excluding hydrogens is 368 g/mol. The Bertz CT molecular complexity index is 607. The molecule has 2 amide bonds. The van der Waals surface area contributed by atoms with Crippen LogP contribution in [0.1, 0.15) is 34.1 Å². The first kappa shape index (κ1) is 23.6. The minimum Gasteiger partial charge on any atom is -0.395 e. The highest BCUT2D eigenvalue weighted by Gasteiger charge is 2.31. The van der Waals surface area contributed by atoms with E-state index < -0.39 is 0 Å². The van der Waals surface area contributed by atoms with E-state index in [0.29, 0.717) is 31.7 Å². The van der Waals surface area contributed by atoms with Gasteiger partial charge in [-0.05, 0) is 46.3 Å². The van der Waals surface area contributed by atoms with Crippen LogP contribution in [0.25, 0.3) is 0 Å². The van der Waals surface area contributed by atoms with E-state index in [9.17, 15) is 14.7 Å². The van der Waals surface area contributed by atoms with Crippen LogP contribution in [0.4, 0.5) is 0 Å². The summed E-state index contributed by atoms with van der Waals surface area (Å²) in [5.74, 6) is -0.0133. The zero-order chi connectivity index (χ0) is 21.6. The molecule has 2 aliphatic heterocycles. The Balaban J connectivity index is 1.84. The van der Waals surface area contributed by atoms with Gasteiger partial charge in [-0.1, -0.05) is 12.7 Å². The van der Waals surface area contributed by atoms with Crippen molar-refractivity contribution in [3.63, 3.8) is 0 Å². The molecule has 0 saturated carbocycles. The lowest BCUT2D eigenvalue weighted by atomic mass is 10.1. The van der Waals surface area contributed by atoms with Gasteiger partial charge in [-0.25, -0.2) is 0 Å². The number of carbonyl (C=O) groups excluding carboxylic acids is 2. The van der Waals surface area contributed by atoms with Gasteiger partial charge in [-0.15, -0.1) is 0 Å². The third kappa shape index (κ3) is 6.14. The second kappa shape index (κ2) is 10.9. The summed E-state index contributed by atoms with van der Waals surface area (Å²) >= 11 is 0. The van der Waals surface area contributed by atoms with Crippen molar-refractivity contribution in [2.45, 2.75) is 58.3 Å². The number of aliphatic hydroxyl groups is 1. The van der Waals surface area contributed by atoms with Crippen molar-refractivity contribution in [3.8, 4) is 0 Å². The average molecular weight is 407 g/mol. The van der Waals surface area contributed by atoms with E-state index in [1.807, 2.05) is 11.0 Å². The summed E-state index contributed by atoms with van der Waals surface area (Å²) in [6.07, 6.45) is 5.70. The molecule has 2 saturated heterocycles. The molecule has 7 heteroatoms. The average Bonchev–Trinajstić information content (AvgIpc) is 2.71. The number of hydrogen-bond donors (Lipinski definition) is 1. The number of rotatable bonds is 7. The first-order valence-corrected chi connectivity index (χ1v) is 10.8. The zero-order valence-corrected chi connectivity index (χ0v) is 18.5. The van der Waals surface area contributed by atoms with Crippen LogP contribution in [0.2, 0.25) is 0 Å². The predicted molar refractivity (Wildman–Crippen MR) is 115 cm³/mol. The van der Waals surface area contributed by atoms with Crippen molar-refractivity contribution in [1.82, 2.24) is 19.6 Å². The van der Waals surface area contributed by atoms with E-state index in [2.05, 4.69) is 44.1 Å². The molecule has 0 aliphatic carbocycles. The summed E-state index contributed by atoms with van der Waals surface area (Å²) in [6.45, 7) is 16.5. The van der Waals surface area contributed by atoms with Crippen molar-refractivity contribution in [3.05, 3.63) is 24.8 Å².